The van der Waals surface area contributed by atoms with Crippen molar-refractivity contribution in [2.45, 2.75) is 19.4 Å². The van der Waals surface area contributed by atoms with Crippen molar-refractivity contribution in [3.63, 3.8) is 0 Å². The van der Waals surface area contributed by atoms with Crippen molar-refractivity contribution >= 4 is 16.5 Å². The highest BCUT2D eigenvalue weighted by molar-refractivity contribution is 7.14. The lowest BCUT2D eigenvalue weighted by molar-refractivity contribution is 0.789. The van der Waals surface area contributed by atoms with Gasteiger partial charge in [-0.1, -0.05) is 60.7 Å². The van der Waals surface area contributed by atoms with Gasteiger partial charge < -0.3 is 5.32 Å². The Kier molecular flexibility index (Phi) is 4.31. The van der Waals surface area contributed by atoms with Gasteiger partial charge in [-0.25, -0.2) is 4.98 Å². The first-order valence-corrected chi connectivity index (χ1v) is 8.00. The molecule has 0 aliphatic carbocycles. The molecule has 1 N–H and O–H groups in total. The second-order valence-corrected chi connectivity index (χ2v) is 6.00. The molecule has 0 saturated heterocycles. The molecule has 3 aromatic rings. The predicted molar refractivity (Wildman–Crippen MR) is 90.8 cm³/mol. The molecule has 1 unspecified atom stereocenters. The third-order valence-electron chi connectivity index (χ3n) is 3.33. The summed E-state index contributed by atoms with van der Waals surface area (Å²) < 4.78 is 0. The normalized spacial score (nSPS) is 12.0. The minimum absolute atomic E-state index is 0.363. The van der Waals surface area contributed by atoms with Crippen LogP contribution in [0.5, 0.6) is 0 Å². The van der Waals surface area contributed by atoms with E-state index < -0.39 is 0 Å². The van der Waals surface area contributed by atoms with Crippen LogP contribution in [0.25, 0.3) is 11.3 Å². The van der Waals surface area contributed by atoms with Gasteiger partial charge in [0.2, 0.25) is 0 Å². The van der Waals surface area contributed by atoms with E-state index in [9.17, 15) is 0 Å². The first kappa shape index (κ1) is 13.8. The van der Waals surface area contributed by atoms with Crippen LogP contribution in [0.3, 0.4) is 0 Å². The third kappa shape index (κ3) is 3.70. The monoisotopic (exact) mass is 294 g/mol. The van der Waals surface area contributed by atoms with Crippen molar-refractivity contribution in [2.24, 2.45) is 0 Å². The molecule has 3 rings (SSSR count). The average Bonchev–Trinajstić information content (AvgIpc) is 2.97. The lowest BCUT2D eigenvalue weighted by Crippen LogP contribution is -2.17. The number of rotatable bonds is 5. The Bertz CT molecular complexity index is 677. The van der Waals surface area contributed by atoms with E-state index in [1.807, 2.05) is 18.2 Å². The minimum Gasteiger partial charge on any atom is -0.359 e. The molecule has 0 spiro atoms. The predicted octanol–water partition coefficient (Wildman–Crippen LogP) is 4.85. The van der Waals surface area contributed by atoms with Crippen molar-refractivity contribution in [1.29, 1.82) is 0 Å². The summed E-state index contributed by atoms with van der Waals surface area (Å²) in [6.07, 6.45) is 1.00. The quantitative estimate of drug-likeness (QED) is 0.727. The fourth-order valence-corrected chi connectivity index (χ4v) is 3.14. The maximum Gasteiger partial charge on any atom is 0.183 e. The molecule has 0 saturated carbocycles. The van der Waals surface area contributed by atoms with Crippen molar-refractivity contribution in [3.8, 4) is 11.3 Å². The molecule has 21 heavy (non-hydrogen) atoms. The molecule has 106 valence electrons. The second-order valence-electron chi connectivity index (χ2n) is 5.14. The van der Waals surface area contributed by atoms with Crippen LogP contribution in [0, 0.1) is 0 Å². The Balaban J connectivity index is 1.65. The van der Waals surface area contributed by atoms with E-state index in [-0.39, 0.29) is 0 Å². The van der Waals surface area contributed by atoms with E-state index in [0.717, 1.165) is 22.8 Å². The van der Waals surface area contributed by atoms with Crippen molar-refractivity contribution in [1.82, 2.24) is 4.98 Å². The molecule has 1 aromatic heterocycles. The van der Waals surface area contributed by atoms with Gasteiger partial charge in [-0.05, 0) is 18.9 Å². The summed E-state index contributed by atoms with van der Waals surface area (Å²) in [5, 5.41) is 6.58. The number of thiazole rings is 1. The van der Waals surface area contributed by atoms with E-state index >= 15 is 0 Å². The van der Waals surface area contributed by atoms with Crippen LogP contribution in [0.4, 0.5) is 5.13 Å². The van der Waals surface area contributed by atoms with Gasteiger partial charge in [0.05, 0.1) is 5.69 Å². The van der Waals surface area contributed by atoms with Crippen molar-refractivity contribution in [3.05, 3.63) is 71.6 Å². The molecule has 1 atom stereocenters. The van der Waals surface area contributed by atoms with E-state index in [2.05, 4.69) is 65.1 Å². The van der Waals surface area contributed by atoms with Gasteiger partial charge in [-0.2, -0.15) is 0 Å². The van der Waals surface area contributed by atoms with Gasteiger partial charge in [0.25, 0.3) is 0 Å². The third-order valence-corrected chi connectivity index (χ3v) is 4.10. The highest BCUT2D eigenvalue weighted by atomic mass is 32.1. The Morgan fingerprint density at radius 1 is 1.00 bits per heavy atom. The van der Waals surface area contributed by atoms with E-state index in [0.29, 0.717) is 6.04 Å². The fourth-order valence-electron chi connectivity index (χ4n) is 2.31. The number of anilines is 1. The summed E-state index contributed by atoms with van der Waals surface area (Å²) in [5.74, 6) is 0. The number of aromatic nitrogens is 1. The van der Waals surface area contributed by atoms with Gasteiger partial charge in [-0.15, -0.1) is 11.3 Å². The maximum absolute atomic E-state index is 4.67. The van der Waals surface area contributed by atoms with E-state index in [1.54, 1.807) is 11.3 Å². The standard InChI is InChI=1S/C18H18N2S/c1-14(12-15-8-4-2-5-9-15)19-18-20-17(13-21-18)16-10-6-3-7-11-16/h2-11,13-14H,12H2,1H3,(H,19,20). The van der Waals surface area contributed by atoms with Crippen LogP contribution in [0.1, 0.15) is 12.5 Å². The Morgan fingerprint density at radius 3 is 2.38 bits per heavy atom. The molecule has 0 amide bonds. The number of nitrogens with zero attached hydrogens (tertiary/aromatic N) is 1. The summed E-state index contributed by atoms with van der Waals surface area (Å²) in [6, 6.07) is 21.2. The van der Waals surface area contributed by atoms with Gasteiger partial charge in [0.15, 0.2) is 5.13 Å². The molecule has 0 aliphatic heterocycles. The van der Waals surface area contributed by atoms with Gasteiger partial charge in [0.1, 0.15) is 0 Å². The fraction of sp³-hybridized carbons (Fsp3) is 0.167. The highest BCUT2D eigenvalue weighted by Crippen LogP contribution is 2.25. The summed E-state index contributed by atoms with van der Waals surface area (Å²) in [6.45, 7) is 2.19. The lowest BCUT2D eigenvalue weighted by Gasteiger charge is -2.12. The summed E-state index contributed by atoms with van der Waals surface area (Å²) in [5.41, 5.74) is 3.55. The molecule has 0 radical (unpaired) electrons. The number of hydrogen-bond donors (Lipinski definition) is 1. The van der Waals surface area contributed by atoms with Crippen LogP contribution in [-0.4, -0.2) is 11.0 Å². The zero-order valence-electron chi connectivity index (χ0n) is 12.0. The largest absolute Gasteiger partial charge is 0.359 e. The zero-order chi connectivity index (χ0) is 14.5. The zero-order valence-corrected chi connectivity index (χ0v) is 12.8. The second kappa shape index (κ2) is 6.55. The summed E-state index contributed by atoms with van der Waals surface area (Å²) in [7, 11) is 0. The van der Waals surface area contributed by atoms with Crippen LogP contribution in [-0.2, 0) is 6.42 Å². The summed E-state index contributed by atoms with van der Waals surface area (Å²) in [4.78, 5) is 4.67. The smallest absolute Gasteiger partial charge is 0.183 e. The molecule has 0 aliphatic rings. The topological polar surface area (TPSA) is 24.9 Å². The highest BCUT2D eigenvalue weighted by Gasteiger charge is 2.08. The molecule has 2 aromatic carbocycles. The molecule has 2 nitrogen and oxygen atoms in total. The van der Waals surface area contributed by atoms with Crippen LogP contribution < -0.4 is 5.32 Å². The lowest BCUT2D eigenvalue weighted by atomic mass is 10.1. The first-order valence-electron chi connectivity index (χ1n) is 7.12. The van der Waals surface area contributed by atoms with Crippen molar-refractivity contribution in [2.75, 3.05) is 5.32 Å². The van der Waals surface area contributed by atoms with Crippen LogP contribution in [0.15, 0.2) is 66.0 Å². The van der Waals surface area contributed by atoms with Crippen LogP contribution in [0.2, 0.25) is 0 Å². The number of hydrogen-bond acceptors (Lipinski definition) is 3. The first-order chi connectivity index (χ1) is 10.3. The van der Waals surface area contributed by atoms with Gasteiger partial charge >= 0.3 is 0 Å². The Morgan fingerprint density at radius 2 is 1.67 bits per heavy atom. The Hall–Kier alpha value is -2.13. The van der Waals surface area contributed by atoms with Gasteiger partial charge in [-0.3, -0.25) is 0 Å². The Labute approximate surface area is 129 Å². The number of nitrogens with one attached hydrogen (secondary N) is 1. The molecule has 0 bridgehead atoms. The summed E-state index contributed by atoms with van der Waals surface area (Å²) >= 11 is 1.66. The minimum atomic E-state index is 0.363. The van der Waals surface area contributed by atoms with Crippen LogP contribution >= 0.6 is 11.3 Å². The molecule has 0 fully saturated rings. The molecule has 1 heterocycles. The van der Waals surface area contributed by atoms with Gasteiger partial charge in [0, 0.05) is 17.0 Å². The molecular formula is C18H18N2S. The molecule has 3 heteroatoms. The van der Waals surface area contributed by atoms with E-state index in [4.69, 9.17) is 0 Å². The maximum atomic E-state index is 4.67. The van der Waals surface area contributed by atoms with Crippen molar-refractivity contribution < 1.29 is 0 Å². The molecular weight excluding hydrogens is 276 g/mol. The number of benzene rings is 2. The van der Waals surface area contributed by atoms with E-state index in [1.165, 1.54) is 5.56 Å². The SMILES string of the molecule is CC(Cc1ccccc1)Nc1nc(-c2ccccc2)cs1. The average molecular weight is 294 g/mol.